The molecule has 0 spiro atoms. The molecule has 0 bridgehead atoms. The minimum Gasteiger partial charge on any atom is -0.495 e. The van der Waals surface area contributed by atoms with Crippen molar-refractivity contribution in [3.05, 3.63) is 23.8 Å². The Balaban J connectivity index is 3.20. The van der Waals surface area contributed by atoms with Crippen LogP contribution in [0.15, 0.2) is 23.1 Å². The number of hydrogen-bond donors (Lipinski definition) is 2. The number of hydrogen-bond acceptors (Lipinski definition) is 4. The van der Waals surface area contributed by atoms with Crippen molar-refractivity contribution in [2.24, 2.45) is 5.73 Å². The molecule has 0 aliphatic carbocycles. The van der Waals surface area contributed by atoms with Crippen molar-refractivity contribution in [2.45, 2.75) is 50.6 Å². The van der Waals surface area contributed by atoms with Gasteiger partial charge in [-0.1, -0.05) is 19.4 Å². The predicted octanol–water partition coefficient (Wildman–Crippen LogP) is 2.01. The fourth-order valence-corrected chi connectivity index (χ4v) is 3.82. The van der Waals surface area contributed by atoms with Crippen molar-refractivity contribution < 1.29 is 13.2 Å². The first-order chi connectivity index (χ1) is 9.25. The zero-order valence-corrected chi connectivity index (χ0v) is 13.4. The van der Waals surface area contributed by atoms with Gasteiger partial charge in [0.25, 0.3) is 0 Å². The van der Waals surface area contributed by atoms with Gasteiger partial charge in [-0.25, -0.2) is 13.1 Å². The van der Waals surface area contributed by atoms with Gasteiger partial charge in [-0.3, -0.25) is 0 Å². The van der Waals surface area contributed by atoms with Crippen LogP contribution in [0.5, 0.6) is 5.75 Å². The summed E-state index contributed by atoms with van der Waals surface area (Å²) in [5, 5.41) is 0. The first kappa shape index (κ1) is 16.9. The summed E-state index contributed by atoms with van der Waals surface area (Å²) in [4.78, 5) is 0.132. The summed E-state index contributed by atoms with van der Waals surface area (Å²) >= 11 is 0. The summed E-state index contributed by atoms with van der Waals surface area (Å²) in [6.45, 7) is 6.04. The third-order valence-electron chi connectivity index (χ3n) is 3.04. The van der Waals surface area contributed by atoms with E-state index in [1.165, 1.54) is 7.11 Å². The van der Waals surface area contributed by atoms with Gasteiger partial charge < -0.3 is 10.5 Å². The molecule has 0 amide bonds. The van der Waals surface area contributed by atoms with Crippen LogP contribution in [0.1, 0.15) is 39.2 Å². The Morgan fingerprint density at radius 2 is 2.00 bits per heavy atom. The molecule has 0 saturated carbocycles. The van der Waals surface area contributed by atoms with Crippen LogP contribution in [-0.4, -0.2) is 21.1 Å². The van der Waals surface area contributed by atoms with Gasteiger partial charge in [-0.2, -0.15) is 0 Å². The molecule has 3 N–H and O–H groups in total. The van der Waals surface area contributed by atoms with Crippen molar-refractivity contribution in [1.82, 2.24) is 4.72 Å². The first-order valence-electron chi connectivity index (χ1n) is 6.66. The quantitative estimate of drug-likeness (QED) is 0.807. The zero-order valence-electron chi connectivity index (χ0n) is 12.6. The van der Waals surface area contributed by atoms with E-state index in [9.17, 15) is 8.42 Å². The van der Waals surface area contributed by atoms with Crippen LogP contribution in [-0.2, 0) is 16.6 Å². The summed E-state index contributed by atoms with van der Waals surface area (Å²) in [5.74, 6) is 0.321. The zero-order chi connectivity index (χ0) is 15.4. The van der Waals surface area contributed by atoms with E-state index in [4.69, 9.17) is 10.5 Å². The average Bonchev–Trinajstić information content (AvgIpc) is 2.36. The van der Waals surface area contributed by atoms with Gasteiger partial charge in [0.15, 0.2) is 0 Å². The molecule has 1 aromatic carbocycles. The lowest BCUT2D eigenvalue weighted by atomic mass is 10.0. The second-order valence-electron chi connectivity index (χ2n) is 5.43. The monoisotopic (exact) mass is 300 g/mol. The predicted molar refractivity (Wildman–Crippen MR) is 80.2 cm³/mol. The van der Waals surface area contributed by atoms with Gasteiger partial charge in [0, 0.05) is 12.1 Å². The topological polar surface area (TPSA) is 81.4 Å². The molecule has 1 aromatic rings. The van der Waals surface area contributed by atoms with Crippen molar-refractivity contribution in [1.29, 1.82) is 0 Å². The van der Waals surface area contributed by atoms with Crippen LogP contribution in [0.25, 0.3) is 0 Å². The average molecular weight is 300 g/mol. The maximum atomic E-state index is 12.5. The van der Waals surface area contributed by atoms with E-state index in [0.717, 1.165) is 18.4 Å². The number of nitrogens with two attached hydrogens (primary N) is 1. The molecule has 20 heavy (non-hydrogen) atoms. The summed E-state index contributed by atoms with van der Waals surface area (Å²) in [6, 6.07) is 4.95. The van der Waals surface area contributed by atoms with E-state index >= 15 is 0 Å². The number of ether oxygens (including phenoxy) is 1. The molecule has 1 rings (SSSR count). The molecule has 0 unspecified atom stereocenters. The van der Waals surface area contributed by atoms with Crippen molar-refractivity contribution in [3.8, 4) is 5.75 Å². The second kappa shape index (κ2) is 6.56. The summed E-state index contributed by atoms with van der Waals surface area (Å²) < 4.78 is 33.0. The van der Waals surface area contributed by atoms with Crippen LogP contribution >= 0.6 is 0 Å². The molecule has 0 fully saturated rings. The summed E-state index contributed by atoms with van der Waals surface area (Å²) in [6.07, 6.45) is 1.65. The van der Waals surface area contributed by atoms with E-state index < -0.39 is 15.6 Å². The van der Waals surface area contributed by atoms with E-state index in [0.29, 0.717) is 5.75 Å². The Kier molecular flexibility index (Phi) is 5.56. The van der Waals surface area contributed by atoms with Gasteiger partial charge >= 0.3 is 0 Å². The van der Waals surface area contributed by atoms with Crippen LogP contribution < -0.4 is 15.2 Å². The van der Waals surface area contributed by atoms with E-state index in [1.807, 2.05) is 20.8 Å². The highest BCUT2D eigenvalue weighted by molar-refractivity contribution is 7.89. The molecule has 0 atom stereocenters. The van der Waals surface area contributed by atoms with Gasteiger partial charge in [0.2, 0.25) is 10.0 Å². The Hall–Kier alpha value is -1.11. The molecule has 0 heterocycles. The maximum absolute atomic E-state index is 12.5. The SMILES string of the molecule is CCCC(C)(C)NS(=O)(=O)c1cc(CN)ccc1OC. The van der Waals surface area contributed by atoms with Crippen molar-refractivity contribution in [3.63, 3.8) is 0 Å². The lowest BCUT2D eigenvalue weighted by Crippen LogP contribution is -2.43. The molecule has 0 aliphatic heterocycles. The van der Waals surface area contributed by atoms with Crippen LogP contribution in [0, 0.1) is 0 Å². The van der Waals surface area contributed by atoms with E-state index in [-0.39, 0.29) is 11.4 Å². The summed E-state index contributed by atoms with van der Waals surface area (Å²) in [5.41, 5.74) is 5.82. The number of benzene rings is 1. The largest absolute Gasteiger partial charge is 0.495 e. The maximum Gasteiger partial charge on any atom is 0.244 e. The number of rotatable bonds is 7. The number of sulfonamides is 1. The second-order valence-corrected chi connectivity index (χ2v) is 7.08. The fraction of sp³-hybridized carbons (Fsp3) is 0.571. The minimum atomic E-state index is -3.65. The Bertz CT molecular complexity index is 554. The lowest BCUT2D eigenvalue weighted by Gasteiger charge is -2.26. The lowest BCUT2D eigenvalue weighted by molar-refractivity contribution is 0.396. The fourth-order valence-electron chi connectivity index (χ4n) is 2.15. The Morgan fingerprint density at radius 1 is 1.35 bits per heavy atom. The third kappa shape index (κ3) is 4.19. The highest BCUT2D eigenvalue weighted by Crippen LogP contribution is 2.26. The number of methoxy groups -OCH3 is 1. The Labute approximate surface area is 121 Å². The highest BCUT2D eigenvalue weighted by atomic mass is 32.2. The molecule has 6 heteroatoms. The van der Waals surface area contributed by atoms with E-state index in [2.05, 4.69) is 4.72 Å². The van der Waals surface area contributed by atoms with Crippen LogP contribution in [0.3, 0.4) is 0 Å². The van der Waals surface area contributed by atoms with Gasteiger partial charge in [-0.15, -0.1) is 0 Å². The van der Waals surface area contributed by atoms with E-state index in [1.54, 1.807) is 18.2 Å². The highest BCUT2D eigenvalue weighted by Gasteiger charge is 2.27. The van der Waals surface area contributed by atoms with Gasteiger partial charge in [0.1, 0.15) is 10.6 Å². The molecule has 0 aromatic heterocycles. The normalized spacial score (nSPS) is 12.4. The molecule has 5 nitrogen and oxygen atoms in total. The van der Waals surface area contributed by atoms with Crippen LogP contribution in [0.2, 0.25) is 0 Å². The van der Waals surface area contributed by atoms with Crippen LogP contribution in [0.4, 0.5) is 0 Å². The molecule has 114 valence electrons. The minimum absolute atomic E-state index is 0.132. The van der Waals surface area contributed by atoms with Gasteiger partial charge in [0.05, 0.1) is 7.11 Å². The molecular formula is C14H24N2O3S. The smallest absolute Gasteiger partial charge is 0.244 e. The molecule has 0 saturated heterocycles. The van der Waals surface area contributed by atoms with Crippen molar-refractivity contribution >= 4 is 10.0 Å². The standard InChI is InChI=1S/C14H24N2O3S/c1-5-8-14(2,3)16-20(17,18)13-9-11(10-15)6-7-12(13)19-4/h6-7,9,16H,5,8,10,15H2,1-4H3. The first-order valence-corrected chi connectivity index (χ1v) is 8.15. The Morgan fingerprint density at radius 3 is 2.50 bits per heavy atom. The van der Waals surface area contributed by atoms with Crippen molar-refractivity contribution in [2.75, 3.05) is 7.11 Å². The molecule has 0 radical (unpaired) electrons. The molecule has 0 aliphatic rings. The molecular weight excluding hydrogens is 276 g/mol. The van der Waals surface area contributed by atoms with Gasteiger partial charge in [-0.05, 0) is 38.0 Å². The number of nitrogens with one attached hydrogen (secondary N) is 1. The third-order valence-corrected chi connectivity index (χ3v) is 4.76. The summed E-state index contributed by atoms with van der Waals surface area (Å²) in [7, 11) is -2.19.